The number of amides is 1. The monoisotopic (exact) mass is 359 g/mol. The first kappa shape index (κ1) is 18.4. The van der Waals surface area contributed by atoms with Gasteiger partial charge in [0.1, 0.15) is 11.4 Å². The summed E-state index contributed by atoms with van der Waals surface area (Å²) >= 11 is 0. The molecule has 0 aliphatic rings. The first-order valence-corrected chi connectivity index (χ1v) is 8.76. The lowest BCUT2D eigenvalue weighted by Gasteiger charge is -2.26. The molecule has 27 heavy (non-hydrogen) atoms. The van der Waals surface area contributed by atoms with Crippen molar-refractivity contribution in [2.45, 2.75) is 26.4 Å². The van der Waals surface area contributed by atoms with Crippen molar-refractivity contribution in [2.75, 3.05) is 7.11 Å². The van der Waals surface area contributed by atoms with Crippen LogP contribution in [0, 0.1) is 11.3 Å². The fourth-order valence-electron chi connectivity index (χ4n) is 2.87. The van der Waals surface area contributed by atoms with E-state index < -0.39 is 0 Å². The zero-order chi connectivity index (χ0) is 19.4. The lowest BCUT2D eigenvalue weighted by molar-refractivity contribution is 0.0684. The van der Waals surface area contributed by atoms with Crippen LogP contribution >= 0.6 is 0 Å². The van der Waals surface area contributed by atoms with Gasteiger partial charge in [0.05, 0.1) is 24.3 Å². The summed E-state index contributed by atoms with van der Waals surface area (Å²) in [6.45, 7) is 4.42. The van der Waals surface area contributed by atoms with Crippen LogP contribution < -0.4 is 4.74 Å². The molecule has 0 saturated carbocycles. The van der Waals surface area contributed by atoms with Crippen LogP contribution in [0.25, 0.3) is 10.9 Å². The molecule has 0 atom stereocenters. The third-order valence-electron chi connectivity index (χ3n) is 4.44. The number of methoxy groups -OCH3 is 1. The van der Waals surface area contributed by atoms with Crippen molar-refractivity contribution in [3.63, 3.8) is 0 Å². The lowest BCUT2D eigenvalue weighted by Crippen LogP contribution is -2.36. The molecular weight excluding hydrogens is 338 g/mol. The highest BCUT2D eigenvalue weighted by molar-refractivity contribution is 5.95. The SMILES string of the molecule is COc1ccc2nc(C(=O)N(Cc3ccc(C#N)cc3)C(C)C)ccc2c1. The van der Waals surface area contributed by atoms with E-state index >= 15 is 0 Å². The number of rotatable bonds is 5. The number of nitriles is 1. The Hall–Kier alpha value is -3.39. The summed E-state index contributed by atoms with van der Waals surface area (Å²) in [7, 11) is 1.62. The Balaban J connectivity index is 1.87. The Morgan fingerprint density at radius 3 is 2.52 bits per heavy atom. The van der Waals surface area contributed by atoms with Crippen molar-refractivity contribution in [3.05, 3.63) is 71.4 Å². The van der Waals surface area contributed by atoms with Gasteiger partial charge in [-0.1, -0.05) is 18.2 Å². The first-order valence-electron chi connectivity index (χ1n) is 8.76. The van der Waals surface area contributed by atoms with Gasteiger partial charge in [0.15, 0.2) is 0 Å². The molecule has 1 aromatic heterocycles. The molecule has 0 fully saturated rings. The molecular formula is C22H21N3O2. The Morgan fingerprint density at radius 2 is 1.89 bits per heavy atom. The van der Waals surface area contributed by atoms with Gasteiger partial charge in [-0.2, -0.15) is 5.26 Å². The summed E-state index contributed by atoms with van der Waals surface area (Å²) in [5.41, 5.74) is 2.74. The molecule has 0 spiro atoms. The van der Waals surface area contributed by atoms with Crippen LogP contribution in [-0.2, 0) is 6.54 Å². The van der Waals surface area contributed by atoms with Crippen LogP contribution in [0.4, 0.5) is 0 Å². The summed E-state index contributed by atoms with van der Waals surface area (Å²) in [5, 5.41) is 9.85. The van der Waals surface area contributed by atoms with Gasteiger partial charge in [0.2, 0.25) is 0 Å². The van der Waals surface area contributed by atoms with E-state index in [1.165, 1.54) is 0 Å². The van der Waals surface area contributed by atoms with E-state index in [9.17, 15) is 4.79 Å². The molecule has 5 nitrogen and oxygen atoms in total. The van der Waals surface area contributed by atoms with Crippen LogP contribution in [0.1, 0.15) is 35.5 Å². The molecule has 3 aromatic rings. The second kappa shape index (κ2) is 7.88. The van der Waals surface area contributed by atoms with Crippen molar-refractivity contribution < 1.29 is 9.53 Å². The van der Waals surface area contributed by atoms with Crippen molar-refractivity contribution in [2.24, 2.45) is 0 Å². The molecule has 0 unspecified atom stereocenters. The topological polar surface area (TPSA) is 66.2 Å². The number of benzene rings is 2. The first-order chi connectivity index (χ1) is 13.0. The number of carbonyl (C=O) groups excluding carboxylic acids is 1. The second-order valence-corrected chi connectivity index (χ2v) is 6.59. The summed E-state index contributed by atoms with van der Waals surface area (Å²) in [4.78, 5) is 19.4. The van der Waals surface area contributed by atoms with Gasteiger partial charge in [-0.25, -0.2) is 4.98 Å². The number of hydrogen-bond acceptors (Lipinski definition) is 4. The smallest absolute Gasteiger partial charge is 0.273 e. The summed E-state index contributed by atoms with van der Waals surface area (Å²) < 4.78 is 5.23. The van der Waals surface area contributed by atoms with E-state index in [0.717, 1.165) is 22.2 Å². The zero-order valence-electron chi connectivity index (χ0n) is 15.6. The van der Waals surface area contributed by atoms with Gasteiger partial charge >= 0.3 is 0 Å². The highest BCUT2D eigenvalue weighted by Gasteiger charge is 2.20. The maximum absolute atomic E-state index is 13.1. The third kappa shape index (κ3) is 4.06. The van der Waals surface area contributed by atoms with Crippen molar-refractivity contribution in [3.8, 4) is 11.8 Å². The third-order valence-corrected chi connectivity index (χ3v) is 4.44. The number of pyridine rings is 1. The molecule has 0 aliphatic heterocycles. The van der Waals surface area contributed by atoms with Crippen molar-refractivity contribution in [1.82, 2.24) is 9.88 Å². The molecule has 0 saturated heterocycles. The number of aromatic nitrogens is 1. The Labute approximate surface area is 158 Å². The van der Waals surface area contributed by atoms with Crippen LogP contribution in [0.3, 0.4) is 0 Å². The zero-order valence-corrected chi connectivity index (χ0v) is 15.6. The minimum Gasteiger partial charge on any atom is -0.497 e. The van der Waals surface area contributed by atoms with E-state index in [4.69, 9.17) is 10.00 Å². The predicted octanol–water partition coefficient (Wildman–Crippen LogP) is 4.17. The molecule has 0 N–H and O–H groups in total. The fraction of sp³-hybridized carbons (Fsp3) is 0.227. The minimum absolute atomic E-state index is 0.0153. The van der Waals surface area contributed by atoms with Gasteiger partial charge in [-0.05, 0) is 55.8 Å². The van der Waals surface area contributed by atoms with Crippen molar-refractivity contribution in [1.29, 1.82) is 5.26 Å². The minimum atomic E-state index is -0.118. The molecule has 136 valence electrons. The van der Waals surface area contributed by atoms with E-state index in [0.29, 0.717) is 17.8 Å². The molecule has 0 bridgehead atoms. The van der Waals surface area contributed by atoms with E-state index in [2.05, 4.69) is 11.1 Å². The number of fused-ring (bicyclic) bond motifs is 1. The van der Waals surface area contributed by atoms with Gasteiger partial charge in [0.25, 0.3) is 5.91 Å². The van der Waals surface area contributed by atoms with E-state index in [-0.39, 0.29) is 11.9 Å². The average Bonchev–Trinajstić information content (AvgIpc) is 2.70. The predicted molar refractivity (Wildman–Crippen MR) is 104 cm³/mol. The van der Waals surface area contributed by atoms with Crippen LogP contribution in [0.15, 0.2) is 54.6 Å². The molecule has 1 heterocycles. The maximum atomic E-state index is 13.1. The Morgan fingerprint density at radius 1 is 1.15 bits per heavy atom. The number of nitrogens with zero attached hydrogens (tertiary/aromatic N) is 3. The number of hydrogen-bond donors (Lipinski definition) is 0. The van der Waals surface area contributed by atoms with Gasteiger partial charge < -0.3 is 9.64 Å². The molecule has 1 amide bonds. The standard InChI is InChI=1S/C22H21N3O2/c1-15(2)25(14-17-6-4-16(13-23)5-7-17)22(26)21-10-8-18-12-19(27-3)9-11-20(18)24-21/h4-12,15H,14H2,1-3H3. The number of ether oxygens (including phenoxy) is 1. The molecule has 5 heteroatoms. The molecule has 3 rings (SSSR count). The van der Waals surface area contributed by atoms with Gasteiger partial charge in [-0.15, -0.1) is 0 Å². The van der Waals surface area contributed by atoms with E-state index in [1.54, 1.807) is 30.2 Å². The maximum Gasteiger partial charge on any atom is 0.273 e. The summed E-state index contributed by atoms with van der Waals surface area (Å²) in [5.74, 6) is 0.639. The fourth-order valence-corrected chi connectivity index (χ4v) is 2.87. The average molecular weight is 359 g/mol. The normalized spacial score (nSPS) is 10.6. The molecule has 0 aliphatic carbocycles. The van der Waals surface area contributed by atoms with Crippen LogP contribution in [-0.4, -0.2) is 28.9 Å². The highest BCUT2D eigenvalue weighted by atomic mass is 16.5. The lowest BCUT2D eigenvalue weighted by atomic mass is 10.1. The largest absolute Gasteiger partial charge is 0.497 e. The Kier molecular flexibility index (Phi) is 5.37. The summed E-state index contributed by atoms with van der Waals surface area (Å²) in [6, 6.07) is 18.6. The quantitative estimate of drug-likeness (QED) is 0.686. The Bertz CT molecular complexity index is 1000. The highest BCUT2D eigenvalue weighted by Crippen LogP contribution is 2.21. The van der Waals surface area contributed by atoms with Gasteiger partial charge in [-0.3, -0.25) is 4.79 Å². The van der Waals surface area contributed by atoms with Crippen LogP contribution in [0.2, 0.25) is 0 Å². The van der Waals surface area contributed by atoms with Gasteiger partial charge in [0, 0.05) is 18.0 Å². The van der Waals surface area contributed by atoms with Crippen LogP contribution in [0.5, 0.6) is 5.75 Å². The van der Waals surface area contributed by atoms with Crippen molar-refractivity contribution >= 4 is 16.8 Å². The summed E-state index contributed by atoms with van der Waals surface area (Å²) in [6.07, 6.45) is 0. The molecule has 0 radical (unpaired) electrons. The van der Waals surface area contributed by atoms with E-state index in [1.807, 2.05) is 50.2 Å². The molecule has 2 aromatic carbocycles. The second-order valence-electron chi connectivity index (χ2n) is 6.59. The number of carbonyl (C=O) groups is 1.